The van der Waals surface area contributed by atoms with E-state index in [1.165, 1.54) is 18.2 Å². The number of hydrogen-bond donors (Lipinski definition) is 1. The molecule has 0 aliphatic heterocycles. The Balaban J connectivity index is 1.73. The molecule has 1 aliphatic carbocycles. The molecule has 6 nitrogen and oxygen atoms in total. The van der Waals surface area contributed by atoms with Crippen LogP contribution >= 0.6 is 0 Å². The Morgan fingerprint density at radius 3 is 3.10 bits per heavy atom. The molecule has 3 aromatic rings. The van der Waals surface area contributed by atoms with E-state index in [1.807, 2.05) is 0 Å². The van der Waals surface area contributed by atoms with Crippen LogP contribution in [0.4, 0.5) is 5.69 Å². The zero-order valence-electron chi connectivity index (χ0n) is 24.8. The molecule has 1 aliphatic rings. The van der Waals surface area contributed by atoms with Crippen molar-refractivity contribution in [2.45, 2.75) is 52.0 Å². The maximum Gasteiger partial charge on any atom is 0.256 e. The van der Waals surface area contributed by atoms with Gasteiger partial charge in [-0.3, -0.25) is 0 Å². The molecule has 0 bridgehead atoms. The van der Waals surface area contributed by atoms with E-state index in [9.17, 15) is 0 Å². The lowest BCUT2D eigenvalue weighted by atomic mass is 10.0. The normalized spacial score (nSPS) is 24.6. The molecule has 1 N–H and O–H groups in total. The molecule has 1 aromatic heterocycles. The van der Waals surface area contributed by atoms with Gasteiger partial charge in [-0.05, 0) is 68.8 Å². The van der Waals surface area contributed by atoms with Gasteiger partial charge in [0.1, 0.15) is 5.75 Å². The number of nitrogens with one attached hydrogen (secondary N) is 1. The minimum atomic E-state index is -2.70. The van der Waals surface area contributed by atoms with Gasteiger partial charge in [-0.25, -0.2) is 4.85 Å². The fourth-order valence-electron chi connectivity index (χ4n) is 3.22. The number of ether oxygens (including phenoxy) is 1. The molecule has 4 rings (SSSR count). The van der Waals surface area contributed by atoms with Crippen molar-refractivity contribution in [3.63, 3.8) is 0 Å². The summed E-state index contributed by atoms with van der Waals surface area (Å²) in [6, 6.07) is 7.07. The van der Waals surface area contributed by atoms with E-state index in [1.54, 1.807) is 32.0 Å². The molecule has 0 unspecified atom stereocenters. The molecule has 30 heavy (non-hydrogen) atoms. The second-order valence-corrected chi connectivity index (χ2v) is 6.79. The first-order valence-corrected chi connectivity index (χ1v) is 9.35. The second-order valence-electron chi connectivity index (χ2n) is 6.79. The fourth-order valence-corrected chi connectivity index (χ4v) is 3.22. The Kier molecular flexibility index (Phi) is 3.62. The summed E-state index contributed by atoms with van der Waals surface area (Å²) in [5.41, 5.74) is 1.50. The quantitative estimate of drug-likeness (QED) is 0.504. The highest BCUT2D eigenvalue weighted by Gasteiger charge is 2.26. The third kappa shape index (κ3) is 3.94. The van der Waals surface area contributed by atoms with Gasteiger partial charge in [-0.2, -0.15) is 4.98 Å². The zero-order valence-corrected chi connectivity index (χ0v) is 16.8. The van der Waals surface area contributed by atoms with Crippen LogP contribution in [-0.4, -0.2) is 22.7 Å². The molecule has 2 aromatic carbocycles. The Hall–Kier alpha value is -3.17. The van der Waals surface area contributed by atoms with E-state index in [2.05, 4.69) is 20.3 Å². The molecule has 1 atom stereocenters. The molecule has 0 saturated heterocycles. The van der Waals surface area contributed by atoms with Gasteiger partial charge in [0, 0.05) is 25.4 Å². The molecule has 0 amide bonds. The van der Waals surface area contributed by atoms with Crippen LogP contribution in [0.25, 0.3) is 27.7 Å². The van der Waals surface area contributed by atoms with E-state index >= 15 is 0 Å². The monoisotopic (exact) mass is 410 g/mol. The van der Waals surface area contributed by atoms with E-state index in [4.69, 9.17) is 26.8 Å². The number of benzene rings is 2. The lowest BCUT2D eigenvalue weighted by Crippen LogP contribution is -2.19. The van der Waals surface area contributed by atoms with Crippen LogP contribution in [0.3, 0.4) is 0 Å². The van der Waals surface area contributed by atoms with Crippen molar-refractivity contribution < 1.29 is 20.2 Å². The Morgan fingerprint density at radius 2 is 2.33 bits per heavy atom. The molecule has 0 radical (unpaired) electrons. The lowest BCUT2D eigenvalue weighted by molar-refractivity contribution is 0.244. The van der Waals surface area contributed by atoms with Crippen LogP contribution in [0.2, 0.25) is 0 Å². The van der Waals surface area contributed by atoms with E-state index in [-0.39, 0.29) is 35.1 Å². The summed E-state index contributed by atoms with van der Waals surface area (Å²) in [6.07, 6.45) is -6.18. The summed E-state index contributed by atoms with van der Waals surface area (Å²) in [5.74, 6) is 0.441. The SMILES string of the molecule is [2H]C(C)(C)Oc1ccc(-c2nc(-c3cccc4c3CC([2H])([2H])[C@]4([2H])NC([2H])([2H])C([2H])([2H])C)no2)cc1[N+]#[C-]. The van der Waals surface area contributed by atoms with Gasteiger partial charge < -0.3 is 14.6 Å². The highest BCUT2D eigenvalue weighted by atomic mass is 16.5. The summed E-state index contributed by atoms with van der Waals surface area (Å²) in [4.78, 5) is 7.88. The number of hydrogen-bond acceptors (Lipinski definition) is 5. The van der Waals surface area contributed by atoms with Gasteiger partial charge in [0.15, 0.2) is 0 Å². The standard InChI is InChI=1S/C24H26N4O2/c1-5-13-26-20-11-10-17-18(20)7-6-8-19(17)23-27-24(30-28-23)16-9-12-22(29-15(2)3)21(14-16)25-4/h6-9,12,14-15,20,26H,5,10-11,13H2,1-3H3/t20-/m0/s1/i5D2,11D2,13D2,15D,20D. The molecular weight excluding hydrogens is 376 g/mol. The number of aromatic nitrogens is 2. The molecule has 154 valence electrons. The Morgan fingerprint density at radius 1 is 1.47 bits per heavy atom. The number of rotatable bonds is 7. The molecule has 0 fully saturated rings. The van der Waals surface area contributed by atoms with E-state index in [0.29, 0.717) is 16.7 Å². The maximum absolute atomic E-state index is 8.92. The summed E-state index contributed by atoms with van der Waals surface area (Å²) < 4.78 is 76.7. The molecular formula is C24H26N4O2. The minimum Gasteiger partial charge on any atom is -0.502 e. The number of nitrogens with zero attached hydrogens (tertiary/aromatic N) is 3. The third-order valence-corrected chi connectivity index (χ3v) is 4.51. The first-order chi connectivity index (χ1) is 17.4. The zero-order chi connectivity index (χ0) is 28.3. The summed E-state index contributed by atoms with van der Waals surface area (Å²) >= 11 is 0. The smallest absolute Gasteiger partial charge is 0.256 e. The van der Waals surface area contributed by atoms with Crippen molar-refractivity contribution in [2.75, 3.05) is 6.50 Å². The maximum atomic E-state index is 8.92. The van der Waals surface area contributed by atoms with Crippen molar-refractivity contribution in [1.29, 1.82) is 0 Å². The average Bonchev–Trinajstić information content (AvgIpc) is 3.33. The van der Waals surface area contributed by atoms with E-state index < -0.39 is 31.3 Å². The third-order valence-electron chi connectivity index (χ3n) is 4.51. The summed E-state index contributed by atoms with van der Waals surface area (Å²) in [7, 11) is 0. The van der Waals surface area contributed by atoms with Crippen LogP contribution < -0.4 is 10.1 Å². The Bertz CT molecular complexity index is 1420. The largest absolute Gasteiger partial charge is 0.502 e. The van der Waals surface area contributed by atoms with Crippen LogP contribution in [0.5, 0.6) is 5.75 Å². The van der Waals surface area contributed by atoms with Crippen LogP contribution in [0.1, 0.15) is 61.6 Å². The summed E-state index contributed by atoms with van der Waals surface area (Å²) in [6.45, 7) is 8.88. The highest BCUT2D eigenvalue weighted by molar-refractivity contribution is 5.70. The molecule has 0 saturated carbocycles. The summed E-state index contributed by atoms with van der Waals surface area (Å²) in [5, 5.41) is 6.32. The van der Waals surface area contributed by atoms with Crippen LogP contribution in [0, 0.1) is 6.57 Å². The van der Waals surface area contributed by atoms with E-state index in [0.717, 1.165) is 6.92 Å². The predicted molar refractivity (Wildman–Crippen MR) is 117 cm³/mol. The molecule has 1 heterocycles. The van der Waals surface area contributed by atoms with Gasteiger partial charge in [0.25, 0.3) is 5.89 Å². The fraction of sp³-hybridized carbons (Fsp3) is 0.375. The van der Waals surface area contributed by atoms with Gasteiger partial charge in [-0.15, -0.1) is 0 Å². The lowest BCUT2D eigenvalue weighted by Gasteiger charge is -2.13. The first-order valence-electron chi connectivity index (χ1n) is 13.4. The van der Waals surface area contributed by atoms with Crippen molar-refractivity contribution in [2.24, 2.45) is 0 Å². The van der Waals surface area contributed by atoms with Crippen molar-refractivity contribution in [3.8, 4) is 28.6 Å². The Labute approximate surface area is 188 Å². The topological polar surface area (TPSA) is 64.5 Å². The predicted octanol–water partition coefficient (Wildman–Crippen LogP) is 5.73. The molecule has 6 heteroatoms. The van der Waals surface area contributed by atoms with Gasteiger partial charge >= 0.3 is 0 Å². The van der Waals surface area contributed by atoms with Crippen LogP contribution in [-0.2, 0) is 6.42 Å². The first kappa shape index (κ1) is 12.5. The second kappa shape index (κ2) is 8.68. The van der Waals surface area contributed by atoms with Gasteiger partial charge in [0.2, 0.25) is 11.5 Å². The van der Waals surface area contributed by atoms with Gasteiger partial charge in [-0.1, -0.05) is 30.3 Å². The highest BCUT2D eigenvalue weighted by Crippen LogP contribution is 2.38. The average molecular weight is 411 g/mol. The minimum absolute atomic E-state index is 0.0889. The van der Waals surface area contributed by atoms with Crippen molar-refractivity contribution in [3.05, 3.63) is 58.9 Å². The van der Waals surface area contributed by atoms with Crippen molar-refractivity contribution in [1.82, 2.24) is 15.5 Å². The molecule has 0 spiro atoms. The van der Waals surface area contributed by atoms with Gasteiger partial charge in [0.05, 0.1) is 15.4 Å². The van der Waals surface area contributed by atoms with Crippen molar-refractivity contribution >= 4 is 5.69 Å². The number of fused-ring (bicyclic) bond motifs is 1. The van der Waals surface area contributed by atoms with Crippen LogP contribution in [0.15, 0.2) is 40.9 Å².